The van der Waals surface area contributed by atoms with Crippen LogP contribution in [0.5, 0.6) is 0 Å². The lowest BCUT2D eigenvalue weighted by Gasteiger charge is -2.20. The number of hydrogen-bond acceptors (Lipinski definition) is 3. The summed E-state index contributed by atoms with van der Waals surface area (Å²) in [5, 5.41) is 12.2. The Morgan fingerprint density at radius 2 is 2.28 bits per heavy atom. The van der Waals surface area contributed by atoms with Crippen molar-refractivity contribution in [3.05, 3.63) is 23.7 Å². The van der Waals surface area contributed by atoms with Gasteiger partial charge in [0.2, 0.25) is 5.76 Å². The number of nitrogens with one attached hydrogen (secondary N) is 1. The molecular weight excluding hydrogens is 230 g/mol. The summed E-state index contributed by atoms with van der Waals surface area (Å²) in [6.45, 7) is 5.15. The minimum absolute atomic E-state index is 0.0118. The standard InChI is InChI=1S/C14H21NO3/c1-3-10-4-6-12(9(10)2)15-8-11-5-7-13(18-11)14(16)17/h5,7,9-10,12,15H,3-4,6,8H2,1-2H3,(H,16,17). The lowest BCUT2D eigenvalue weighted by Crippen LogP contribution is -2.32. The summed E-state index contributed by atoms with van der Waals surface area (Å²) < 4.78 is 5.23. The molecule has 0 radical (unpaired) electrons. The molecule has 2 rings (SSSR count). The van der Waals surface area contributed by atoms with Crippen molar-refractivity contribution in [3.8, 4) is 0 Å². The third kappa shape index (κ3) is 2.75. The van der Waals surface area contributed by atoms with E-state index in [0.29, 0.717) is 24.3 Å². The second kappa shape index (κ2) is 5.57. The van der Waals surface area contributed by atoms with Gasteiger partial charge in [-0.15, -0.1) is 0 Å². The third-order valence-electron chi connectivity index (χ3n) is 4.16. The fraction of sp³-hybridized carbons (Fsp3) is 0.643. The van der Waals surface area contributed by atoms with Crippen LogP contribution in [0.3, 0.4) is 0 Å². The number of carboxylic acids is 1. The van der Waals surface area contributed by atoms with Crippen molar-refractivity contribution >= 4 is 5.97 Å². The Kier molecular flexibility index (Phi) is 4.07. The fourth-order valence-corrected chi connectivity index (χ4v) is 2.93. The van der Waals surface area contributed by atoms with Gasteiger partial charge in [0.25, 0.3) is 0 Å². The van der Waals surface area contributed by atoms with Crippen LogP contribution >= 0.6 is 0 Å². The van der Waals surface area contributed by atoms with Gasteiger partial charge in [-0.2, -0.15) is 0 Å². The van der Waals surface area contributed by atoms with Gasteiger partial charge >= 0.3 is 5.97 Å². The first-order valence-corrected chi connectivity index (χ1v) is 6.67. The zero-order valence-corrected chi connectivity index (χ0v) is 11.0. The molecule has 0 saturated heterocycles. The quantitative estimate of drug-likeness (QED) is 0.844. The summed E-state index contributed by atoms with van der Waals surface area (Å²) in [5.74, 6) is 1.19. The maximum Gasteiger partial charge on any atom is 0.371 e. The fourth-order valence-electron chi connectivity index (χ4n) is 2.93. The van der Waals surface area contributed by atoms with Gasteiger partial charge in [-0.05, 0) is 36.8 Å². The molecule has 1 saturated carbocycles. The van der Waals surface area contributed by atoms with Crippen LogP contribution in [0.1, 0.15) is 49.4 Å². The predicted octanol–water partition coefficient (Wildman–Crippen LogP) is 2.89. The zero-order valence-electron chi connectivity index (χ0n) is 11.0. The van der Waals surface area contributed by atoms with Crippen molar-refractivity contribution in [3.63, 3.8) is 0 Å². The minimum atomic E-state index is -1.01. The molecule has 4 heteroatoms. The highest BCUT2D eigenvalue weighted by molar-refractivity contribution is 5.84. The van der Waals surface area contributed by atoms with Crippen molar-refractivity contribution in [1.82, 2.24) is 5.32 Å². The van der Waals surface area contributed by atoms with E-state index < -0.39 is 5.97 Å². The smallest absolute Gasteiger partial charge is 0.371 e. The summed E-state index contributed by atoms with van der Waals surface area (Å²) in [5.41, 5.74) is 0. The maximum absolute atomic E-state index is 10.7. The molecule has 1 heterocycles. The Morgan fingerprint density at radius 3 is 2.83 bits per heavy atom. The molecule has 3 unspecified atom stereocenters. The number of aromatic carboxylic acids is 1. The minimum Gasteiger partial charge on any atom is -0.475 e. The van der Waals surface area contributed by atoms with Crippen molar-refractivity contribution in [1.29, 1.82) is 0 Å². The van der Waals surface area contributed by atoms with Gasteiger partial charge in [0.1, 0.15) is 5.76 Å². The van der Waals surface area contributed by atoms with Crippen LogP contribution in [0.2, 0.25) is 0 Å². The summed E-state index contributed by atoms with van der Waals surface area (Å²) >= 11 is 0. The van der Waals surface area contributed by atoms with Crippen LogP contribution in [0.25, 0.3) is 0 Å². The molecule has 4 nitrogen and oxygen atoms in total. The molecule has 1 fully saturated rings. The molecule has 1 aliphatic carbocycles. The molecule has 3 atom stereocenters. The van der Waals surface area contributed by atoms with E-state index in [1.54, 1.807) is 6.07 Å². The van der Waals surface area contributed by atoms with Gasteiger partial charge in [0.05, 0.1) is 6.54 Å². The highest BCUT2D eigenvalue weighted by atomic mass is 16.4. The largest absolute Gasteiger partial charge is 0.475 e. The lowest BCUT2D eigenvalue weighted by atomic mass is 9.93. The SMILES string of the molecule is CCC1CCC(NCc2ccc(C(=O)O)o2)C1C. The molecular formula is C14H21NO3. The van der Waals surface area contributed by atoms with E-state index in [1.165, 1.54) is 25.3 Å². The van der Waals surface area contributed by atoms with E-state index in [0.717, 1.165) is 5.92 Å². The average Bonchev–Trinajstić information content (AvgIpc) is 2.93. The third-order valence-corrected chi connectivity index (χ3v) is 4.16. The molecule has 0 aromatic carbocycles. The summed E-state index contributed by atoms with van der Waals surface area (Å²) in [6, 6.07) is 3.76. The molecule has 0 aliphatic heterocycles. The van der Waals surface area contributed by atoms with Crippen molar-refractivity contribution < 1.29 is 14.3 Å². The average molecular weight is 251 g/mol. The summed E-state index contributed by atoms with van der Waals surface area (Å²) in [6.07, 6.45) is 3.73. The van der Waals surface area contributed by atoms with E-state index in [-0.39, 0.29) is 5.76 Å². The second-order valence-corrected chi connectivity index (χ2v) is 5.16. The van der Waals surface area contributed by atoms with Crippen LogP contribution in [-0.2, 0) is 6.54 Å². The van der Waals surface area contributed by atoms with E-state index in [2.05, 4.69) is 19.2 Å². The molecule has 0 bridgehead atoms. The van der Waals surface area contributed by atoms with Crippen LogP contribution in [0, 0.1) is 11.8 Å². The van der Waals surface area contributed by atoms with Gasteiger partial charge in [0.15, 0.2) is 0 Å². The number of furan rings is 1. The molecule has 2 N–H and O–H groups in total. The van der Waals surface area contributed by atoms with Gasteiger partial charge in [-0.25, -0.2) is 4.79 Å². The number of carbonyl (C=O) groups is 1. The van der Waals surface area contributed by atoms with Gasteiger partial charge in [0, 0.05) is 6.04 Å². The molecule has 100 valence electrons. The Hall–Kier alpha value is -1.29. The molecule has 0 spiro atoms. The molecule has 1 aromatic heterocycles. The van der Waals surface area contributed by atoms with Crippen molar-refractivity contribution in [2.24, 2.45) is 11.8 Å². The Bertz CT molecular complexity index is 413. The Morgan fingerprint density at radius 1 is 1.50 bits per heavy atom. The normalized spacial score (nSPS) is 27.6. The van der Waals surface area contributed by atoms with Crippen LogP contribution in [-0.4, -0.2) is 17.1 Å². The van der Waals surface area contributed by atoms with E-state index >= 15 is 0 Å². The van der Waals surface area contributed by atoms with Crippen LogP contribution in [0.15, 0.2) is 16.5 Å². The molecule has 1 aliphatic rings. The van der Waals surface area contributed by atoms with E-state index in [1.807, 2.05) is 0 Å². The highest BCUT2D eigenvalue weighted by Crippen LogP contribution is 2.33. The van der Waals surface area contributed by atoms with Crippen LogP contribution in [0.4, 0.5) is 0 Å². The summed E-state index contributed by atoms with van der Waals surface area (Å²) in [7, 11) is 0. The topological polar surface area (TPSA) is 62.5 Å². The zero-order chi connectivity index (χ0) is 13.1. The number of hydrogen-bond donors (Lipinski definition) is 2. The predicted molar refractivity (Wildman–Crippen MR) is 68.5 cm³/mol. The van der Waals surface area contributed by atoms with Gasteiger partial charge < -0.3 is 14.8 Å². The molecule has 18 heavy (non-hydrogen) atoms. The number of rotatable bonds is 5. The van der Waals surface area contributed by atoms with Gasteiger partial charge in [-0.3, -0.25) is 0 Å². The van der Waals surface area contributed by atoms with Gasteiger partial charge in [-0.1, -0.05) is 20.3 Å². The maximum atomic E-state index is 10.7. The monoisotopic (exact) mass is 251 g/mol. The Balaban J connectivity index is 1.86. The first kappa shape index (κ1) is 13.1. The Labute approximate surface area is 107 Å². The second-order valence-electron chi connectivity index (χ2n) is 5.16. The first-order valence-electron chi connectivity index (χ1n) is 6.67. The lowest BCUT2D eigenvalue weighted by molar-refractivity contribution is 0.0660. The van der Waals surface area contributed by atoms with E-state index in [4.69, 9.17) is 9.52 Å². The molecule has 0 amide bonds. The van der Waals surface area contributed by atoms with Crippen molar-refractivity contribution in [2.45, 2.75) is 45.7 Å². The van der Waals surface area contributed by atoms with Crippen molar-refractivity contribution in [2.75, 3.05) is 0 Å². The first-order chi connectivity index (χ1) is 8.61. The molecule has 1 aromatic rings. The number of carboxylic acid groups (broad SMARTS) is 1. The van der Waals surface area contributed by atoms with Crippen LogP contribution < -0.4 is 5.32 Å². The van der Waals surface area contributed by atoms with E-state index in [9.17, 15) is 4.79 Å². The highest BCUT2D eigenvalue weighted by Gasteiger charge is 2.31. The summed E-state index contributed by atoms with van der Waals surface area (Å²) in [4.78, 5) is 10.7.